The number of sulfonamides is 1. The Labute approximate surface area is 107 Å². The van der Waals surface area contributed by atoms with Gasteiger partial charge in [0.15, 0.2) is 0 Å². The molecule has 0 amide bonds. The topological polar surface area (TPSA) is 89.7 Å². The second-order valence-electron chi connectivity index (χ2n) is 3.41. The molecule has 6 nitrogen and oxygen atoms in total. The average Bonchev–Trinajstić information content (AvgIpc) is 2.17. The van der Waals surface area contributed by atoms with E-state index in [0.717, 1.165) is 4.31 Å². The van der Waals surface area contributed by atoms with E-state index in [1.54, 1.807) is 13.8 Å². The SMILES string of the molecule is CCOC(=O)CN(C)S(=O)(=O)C(CC)C(N)=S. The minimum atomic E-state index is -3.70. The zero-order chi connectivity index (χ0) is 13.6. The highest BCUT2D eigenvalue weighted by molar-refractivity contribution is 7.92. The Morgan fingerprint density at radius 3 is 2.35 bits per heavy atom. The number of likely N-dealkylation sites (N-methyl/N-ethyl adjacent to an activating group) is 1. The summed E-state index contributed by atoms with van der Waals surface area (Å²) in [6.45, 7) is 3.18. The Bertz CT molecular complexity index is 380. The van der Waals surface area contributed by atoms with E-state index in [0.29, 0.717) is 0 Å². The summed E-state index contributed by atoms with van der Waals surface area (Å²) in [5, 5.41) is -0.947. The molecule has 0 aliphatic heterocycles. The van der Waals surface area contributed by atoms with Gasteiger partial charge in [-0.15, -0.1) is 0 Å². The predicted octanol–water partition coefficient (Wildman–Crippen LogP) is -0.124. The summed E-state index contributed by atoms with van der Waals surface area (Å²) in [5.74, 6) is -0.601. The molecule has 1 unspecified atom stereocenters. The van der Waals surface area contributed by atoms with Gasteiger partial charge in [-0.1, -0.05) is 19.1 Å². The number of rotatable bonds is 7. The Balaban J connectivity index is 4.81. The summed E-state index contributed by atoms with van der Waals surface area (Å²) in [5.41, 5.74) is 5.37. The molecule has 0 heterocycles. The molecule has 0 spiro atoms. The maximum atomic E-state index is 12.0. The summed E-state index contributed by atoms with van der Waals surface area (Å²) >= 11 is 4.70. The fourth-order valence-electron chi connectivity index (χ4n) is 1.25. The molecule has 0 radical (unpaired) electrons. The molecule has 0 rings (SSSR count). The van der Waals surface area contributed by atoms with Crippen molar-refractivity contribution in [2.24, 2.45) is 5.73 Å². The average molecular weight is 282 g/mol. The van der Waals surface area contributed by atoms with Gasteiger partial charge in [0.2, 0.25) is 10.0 Å². The summed E-state index contributed by atoms with van der Waals surface area (Å²) in [4.78, 5) is 11.1. The molecule has 0 bridgehead atoms. The minimum Gasteiger partial charge on any atom is -0.465 e. The number of ether oxygens (including phenoxy) is 1. The molecule has 2 N–H and O–H groups in total. The van der Waals surface area contributed by atoms with Crippen LogP contribution < -0.4 is 5.73 Å². The van der Waals surface area contributed by atoms with Crippen LogP contribution in [0.2, 0.25) is 0 Å². The molecule has 8 heteroatoms. The van der Waals surface area contributed by atoms with Gasteiger partial charge >= 0.3 is 5.97 Å². The number of nitrogens with zero attached hydrogens (tertiary/aromatic N) is 1. The molecule has 0 saturated heterocycles. The van der Waals surface area contributed by atoms with Crippen molar-refractivity contribution >= 4 is 33.2 Å². The van der Waals surface area contributed by atoms with Crippen LogP contribution in [0.3, 0.4) is 0 Å². The van der Waals surface area contributed by atoms with Gasteiger partial charge in [0.1, 0.15) is 11.8 Å². The van der Waals surface area contributed by atoms with Gasteiger partial charge in [0, 0.05) is 7.05 Å². The lowest BCUT2D eigenvalue weighted by molar-refractivity contribution is -0.143. The fourth-order valence-corrected chi connectivity index (χ4v) is 3.22. The van der Waals surface area contributed by atoms with E-state index in [9.17, 15) is 13.2 Å². The van der Waals surface area contributed by atoms with Gasteiger partial charge in [0.25, 0.3) is 0 Å². The van der Waals surface area contributed by atoms with Gasteiger partial charge in [-0.3, -0.25) is 4.79 Å². The molecule has 17 heavy (non-hydrogen) atoms. The van der Waals surface area contributed by atoms with E-state index in [-0.39, 0.29) is 24.6 Å². The highest BCUT2D eigenvalue weighted by Gasteiger charge is 2.31. The van der Waals surface area contributed by atoms with Gasteiger partial charge < -0.3 is 10.5 Å². The highest BCUT2D eigenvalue weighted by atomic mass is 32.2. The van der Waals surface area contributed by atoms with E-state index in [1.807, 2.05) is 0 Å². The Hall–Kier alpha value is -0.730. The summed E-state index contributed by atoms with van der Waals surface area (Å²) in [7, 11) is -2.40. The number of esters is 1. The molecular weight excluding hydrogens is 264 g/mol. The van der Waals surface area contributed by atoms with E-state index < -0.39 is 21.2 Å². The molecule has 1 atom stereocenters. The first-order chi connectivity index (χ1) is 7.77. The normalized spacial score (nSPS) is 13.4. The van der Waals surface area contributed by atoms with Gasteiger partial charge in [-0.25, -0.2) is 8.42 Å². The van der Waals surface area contributed by atoms with Gasteiger partial charge in [-0.2, -0.15) is 4.31 Å². The summed E-state index contributed by atoms with van der Waals surface area (Å²) < 4.78 is 29.6. The number of thiocarbonyl (C=S) groups is 1. The number of carbonyl (C=O) groups excluding carboxylic acids is 1. The van der Waals surface area contributed by atoms with Crippen LogP contribution in [0, 0.1) is 0 Å². The van der Waals surface area contributed by atoms with Crippen LogP contribution in [-0.4, -0.2) is 49.1 Å². The maximum Gasteiger partial charge on any atom is 0.321 e. The largest absolute Gasteiger partial charge is 0.465 e. The lowest BCUT2D eigenvalue weighted by Crippen LogP contribution is -2.44. The van der Waals surface area contributed by atoms with Crippen molar-refractivity contribution in [3.63, 3.8) is 0 Å². The number of hydrogen-bond acceptors (Lipinski definition) is 5. The van der Waals surface area contributed by atoms with Crippen LogP contribution in [0.5, 0.6) is 0 Å². The van der Waals surface area contributed by atoms with Crippen molar-refractivity contribution in [2.45, 2.75) is 25.5 Å². The Kier molecular flexibility index (Phi) is 6.58. The molecule has 0 aromatic carbocycles. The van der Waals surface area contributed by atoms with E-state index in [2.05, 4.69) is 4.74 Å². The smallest absolute Gasteiger partial charge is 0.321 e. The van der Waals surface area contributed by atoms with E-state index in [4.69, 9.17) is 18.0 Å². The third-order valence-electron chi connectivity index (χ3n) is 2.14. The van der Waals surface area contributed by atoms with Crippen molar-refractivity contribution in [2.75, 3.05) is 20.2 Å². The lowest BCUT2D eigenvalue weighted by atomic mass is 10.3. The van der Waals surface area contributed by atoms with Crippen LogP contribution in [-0.2, 0) is 19.6 Å². The second-order valence-corrected chi connectivity index (χ2v) is 6.10. The standard InChI is InChI=1S/C9H18N2O4S2/c1-4-7(9(10)16)17(13,14)11(3)6-8(12)15-5-2/h7H,4-6H2,1-3H3,(H2,10,16). The monoisotopic (exact) mass is 282 g/mol. The molecule has 0 saturated carbocycles. The number of carbonyl (C=O) groups is 1. The zero-order valence-corrected chi connectivity index (χ0v) is 11.8. The van der Waals surface area contributed by atoms with Crippen LogP contribution >= 0.6 is 12.2 Å². The highest BCUT2D eigenvalue weighted by Crippen LogP contribution is 2.11. The number of nitrogens with two attached hydrogens (primary N) is 1. The molecular formula is C9H18N2O4S2. The fraction of sp³-hybridized carbons (Fsp3) is 0.778. The number of hydrogen-bond donors (Lipinski definition) is 1. The van der Waals surface area contributed by atoms with E-state index in [1.165, 1.54) is 7.05 Å². The lowest BCUT2D eigenvalue weighted by Gasteiger charge is -2.22. The minimum absolute atomic E-state index is 0.0943. The van der Waals surface area contributed by atoms with Crippen molar-refractivity contribution in [1.82, 2.24) is 4.31 Å². The molecule has 0 aromatic heterocycles. The quantitative estimate of drug-likeness (QED) is 0.517. The van der Waals surface area contributed by atoms with Crippen LogP contribution in [0.1, 0.15) is 20.3 Å². The van der Waals surface area contributed by atoms with Gasteiger partial charge in [0.05, 0.1) is 11.6 Å². The van der Waals surface area contributed by atoms with Crippen LogP contribution in [0.25, 0.3) is 0 Å². The van der Waals surface area contributed by atoms with Gasteiger partial charge in [-0.05, 0) is 13.3 Å². The first-order valence-electron chi connectivity index (χ1n) is 5.17. The molecule has 0 aliphatic rings. The first kappa shape index (κ1) is 16.3. The van der Waals surface area contributed by atoms with Crippen LogP contribution in [0.4, 0.5) is 0 Å². The third-order valence-corrected chi connectivity index (χ3v) is 4.88. The molecule has 0 aromatic rings. The second kappa shape index (κ2) is 6.87. The predicted molar refractivity (Wildman–Crippen MR) is 69.0 cm³/mol. The third kappa shape index (κ3) is 4.57. The summed E-state index contributed by atoms with van der Waals surface area (Å²) in [6.07, 6.45) is 0.269. The zero-order valence-electron chi connectivity index (χ0n) is 10.2. The molecule has 100 valence electrons. The Morgan fingerprint density at radius 1 is 1.47 bits per heavy atom. The van der Waals surface area contributed by atoms with Crippen molar-refractivity contribution in [3.05, 3.63) is 0 Å². The maximum absolute atomic E-state index is 12.0. The van der Waals surface area contributed by atoms with Crippen LogP contribution in [0.15, 0.2) is 0 Å². The molecule has 0 aliphatic carbocycles. The van der Waals surface area contributed by atoms with Crippen molar-refractivity contribution in [3.8, 4) is 0 Å². The Morgan fingerprint density at radius 2 is 2.00 bits per heavy atom. The van der Waals surface area contributed by atoms with E-state index >= 15 is 0 Å². The first-order valence-corrected chi connectivity index (χ1v) is 7.08. The summed E-state index contributed by atoms with van der Waals surface area (Å²) in [6, 6.07) is 0. The van der Waals surface area contributed by atoms with Crippen molar-refractivity contribution < 1.29 is 17.9 Å². The molecule has 0 fully saturated rings. The van der Waals surface area contributed by atoms with Crippen molar-refractivity contribution in [1.29, 1.82) is 0 Å².